The molecule has 2 aromatic carbocycles. The van der Waals surface area contributed by atoms with Crippen LogP contribution in [-0.2, 0) is 10.1 Å². The molecule has 0 saturated heterocycles. The highest BCUT2D eigenvalue weighted by Gasteiger charge is 2.28. The van der Waals surface area contributed by atoms with Crippen LogP contribution in [-0.4, -0.2) is 85.1 Å². The third-order valence-corrected chi connectivity index (χ3v) is 14.2. The SMILES string of the molecule is CCN(CC)c1cc(Nc2nc(Nc3cc(N(CC)CC)c(OC)cc3N=Nc3snc4sc(S(=O)(=O)O)c(OC)c34)nc(SC3CCCCC3)n2)c(N)cc1OC. The minimum Gasteiger partial charge on any atom is -0.495 e. The average Bonchev–Trinajstić information content (AvgIpc) is 3.79. The fourth-order valence-corrected chi connectivity index (χ4v) is 10.7. The predicted molar refractivity (Wildman–Crippen MR) is 235 cm³/mol. The number of anilines is 7. The van der Waals surface area contributed by atoms with Crippen LogP contribution >= 0.6 is 34.6 Å². The third-order valence-electron chi connectivity index (χ3n) is 9.72. The second kappa shape index (κ2) is 18.9. The summed E-state index contributed by atoms with van der Waals surface area (Å²) in [6.07, 6.45) is 5.68. The Morgan fingerprint density at radius 2 is 1.43 bits per heavy atom. The van der Waals surface area contributed by atoms with Crippen molar-refractivity contribution in [1.82, 2.24) is 19.3 Å². The smallest absolute Gasteiger partial charge is 0.307 e. The van der Waals surface area contributed by atoms with E-state index in [1.54, 1.807) is 38.1 Å². The van der Waals surface area contributed by atoms with Crippen LogP contribution in [0.2, 0.25) is 0 Å². The molecule has 5 N–H and O–H groups in total. The molecule has 17 nitrogen and oxygen atoms in total. The molecule has 6 rings (SSSR count). The fourth-order valence-electron chi connectivity index (χ4n) is 6.77. The quantitative estimate of drug-likeness (QED) is 0.0366. The van der Waals surface area contributed by atoms with Crippen LogP contribution in [0.1, 0.15) is 59.8 Å². The molecule has 1 aliphatic carbocycles. The van der Waals surface area contributed by atoms with Gasteiger partial charge in [0.2, 0.25) is 11.9 Å². The van der Waals surface area contributed by atoms with Crippen LogP contribution in [0.5, 0.6) is 17.2 Å². The summed E-state index contributed by atoms with van der Waals surface area (Å²) in [5.41, 5.74) is 10.2. The highest BCUT2D eigenvalue weighted by molar-refractivity contribution is 7.99. The highest BCUT2D eigenvalue weighted by atomic mass is 32.3. The molecule has 312 valence electrons. The number of ether oxygens (including phenoxy) is 3. The molecule has 58 heavy (non-hydrogen) atoms. The zero-order valence-electron chi connectivity index (χ0n) is 33.5. The lowest BCUT2D eigenvalue weighted by atomic mass is 10.0. The summed E-state index contributed by atoms with van der Waals surface area (Å²) in [5, 5.41) is 17.4. The molecule has 21 heteroatoms. The first-order valence-electron chi connectivity index (χ1n) is 19.0. The number of benzene rings is 2. The van der Waals surface area contributed by atoms with Crippen LogP contribution in [0.15, 0.2) is 43.9 Å². The molecule has 0 atom stereocenters. The van der Waals surface area contributed by atoms with Gasteiger partial charge in [-0.2, -0.15) is 27.7 Å². The molecule has 1 saturated carbocycles. The Morgan fingerprint density at radius 1 is 0.845 bits per heavy atom. The number of azo groups is 1. The third kappa shape index (κ3) is 9.43. The predicted octanol–water partition coefficient (Wildman–Crippen LogP) is 9.42. The van der Waals surface area contributed by atoms with Gasteiger partial charge in [-0.05, 0) is 64.2 Å². The number of nitrogens with one attached hydrogen (secondary N) is 2. The number of fused-ring (bicyclic) bond motifs is 1. The molecule has 3 heterocycles. The molecule has 0 unspecified atom stereocenters. The van der Waals surface area contributed by atoms with Crippen LogP contribution in [0, 0.1) is 0 Å². The van der Waals surface area contributed by atoms with Gasteiger partial charge in [-0.3, -0.25) is 4.55 Å². The maximum absolute atomic E-state index is 12.1. The lowest BCUT2D eigenvalue weighted by Gasteiger charge is -2.25. The van der Waals surface area contributed by atoms with E-state index in [2.05, 4.69) is 62.7 Å². The van der Waals surface area contributed by atoms with E-state index >= 15 is 0 Å². The van der Waals surface area contributed by atoms with Gasteiger partial charge in [0.25, 0.3) is 0 Å². The standard InChI is InChI=1S/C37H49N11O6S4/c1-8-47(9-2)26-18-23(22(38)17-28(26)52-5)39-35-41-36(43-37(42-35)55-21-15-13-12-14-16-21)40-24-19-27(48(10-3)11-4)29(53-6)20-25(24)44-45-32-30-31(54-7)34(58(49,50)51)56-33(30)46-57-32/h17-21H,8-16,38H2,1-7H3,(H,49,50,51)(H2,39,40,41,42,43). The number of thioether (sulfide) groups is 1. The van der Waals surface area contributed by atoms with E-state index in [0.29, 0.717) is 73.9 Å². The van der Waals surface area contributed by atoms with Gasteiger partial charge in [-0.15, -0.1) is 10.2 Å². The minimum absolute atomic E-state index is 0.0482. The van der Waals surface area contributed by atoms with E-state index in [0.717, 1.165) is 73.0 Å². The van der Waals surface area contributed by atoms with Gasteiger partial charge >= 0.3 is 10.1 Å². The van der Waals surface area contributed by atoms with E-state index in [1.807, 2.05) is 12.1 Å². The topological polar surface area (TPSA) is 215 Å². The number of thiophene rings is 1. The van der Waals surface area contributed by atoms with Crippen LogP contribution in [0.3, 0.4) is 0 Å². The summed E-state index contributed by atoms with van der Waals surface area (Å²) >= 11 is 3.45. The van der Waals surface area contributed by atoms with Gasteiger partial charge in [0.15, 0.2) is 20.1 Å². The van der Waals surface area contributed by atoms with Gasteiger partial charge in [-0.1, -0.05) is 42.4 Å². The second-order valence-electron chi connectivity index (χ2n) is 13.2. The summed E-state index contributed by atoms with van der Waals surface area (Å²) in [6.45, 7) is 11.2. The van der Waals surface area contributed by atoms with E-state index in [4.69, 9.17) is 34.9 Å². The maximum atomic E-state index is 12.1. The van der Waals surface area contributed by atoms with E-state index < -0.39 is 10.1 Å². The minimum atomic E-state index is -4.57. The summed E-state index contributed by atoms with van der Waals surface area (Å²) in [4.78, 5) is 19.3. The molecule has 1 aliphatic rings. The van der Waals surface area contributed by atoms with Crippen LogP contribution < -0.4 is 40.4 Å². The lowest BCUT2D eigenvalue weighted by Crippen LogP contribution is -2.22. The first kappa shape index (κ1) is 42.9. The number of rotatable bonds is 18. The summed E-state index contributed by atoms with van der Waals surface area (Å²) in [6, 6.07) is 7.41. The van der Waals surface area contributed by atoms with E-state index in [1.165, 1.54) is 13.5 Å². The van der Waals surface area contributed by atoms with Gasteiger partial charge in [0.05, 0.1) is 55.2 Å². The highest BCUT2D eigenvalue weighted by Crippen LogP contribution is 2.48. The average molecular weight is 872 g/mol. The Labute approximate surface area is 350 Å². The summed E-state index contributed by atoms with van der Waals surface area (Å²) in [7, 11) is -0.0317. The Morgan fingerprint density at radius 3 is 2.00 bits per heavy atom. The first-order valence-corrected chi connectivity index (χ1v) is 22.9. The number of nitrogens with zero attached hydrogens (tertiary/aromatic N) is 8. The molecule has 0 bridgehead atoms. The molecular formula is C37H49N11O6S4. The normalized spacial score (nSPS) is 13.6. The number of hydrogen-bond donors (Lipinski definition) is 4. The number of hydrogen-bond acceptors (Lipinski definition) is 19. The molecule has 0 spiro atoms. The molecule has 0 radical (unpaired) electrons. The van der Waals surface area contributed by atoms with Crippen molar-refractivity contribution >= 4 is 106 Å². The second-order valence-corrected chi connectivity index (χ2v) is 17.8. The van der Waals surface area contributed by atoms with Crippen molar-refractivity contribution < 1.29 is 27.2 Å². The van der Waals surface area contributed by atoms with Crippen molar-refractivity contribution in [2.75, 3.05) is 73.7 Å². The molecule has 0 aliphatic heterocycles. The van der Waals surface area contributed by atoms with Gasteiger partial charge < -0.3 is 40.4 Å². The fraction of sp³-hybridized carbons (Fsp3) is 0.459. The van der Waals surface area contributed by atoms with Crippen molar-refractivity contribution in [2.45, 2.75) is 74.4 Å². The van der Waals surface area contributed by atoms with Crippen molar-refractivity contribution in [3.63, 3.8) is 0 Å². The van der Waals surface area contributed by atoms with Crippen LogP contribution in [0.25, 0.3) is 10.2 Å². The largest absolute Gasteiger partial charge is 0.495 e. The molecular weight excluding hydrogens is 823 g/mol. The molecule has 3 aromatic heterocycles. The number of nitrogen functional groups attached to an aromatic ring is 1. The Kier molecular flexibility index (Phi) is 14.0. The Bertz CT molecular complexity index is 2360. The zero-order valence-corrected chi connectivity index (χ0v) is 36.8. The van der Waals surface area contributed by atoms with Crippen molar-refractivity contribution in [3.05, 3.63) is 24.3 Å². The van der Waals surface area contributed by atoms with E-state index in [-0.39, 0.29) is 20.9 Å². The maximum Gasteiger partial charge on any atom is 0.307 e. The Hall–Kier alpha value is -4.70. The molecule has 1 fully saturated rings. The van der Waals surface area contributed by atoms with Crippen molar-refractivity contribution in [1.29, 1.82) is 0 Å². The van der Waals surface area contributed by atoms with Crippen LogP contribution in [0.4, 0.5) is 51.0 Å². The van der Waals surface area contributed by atoms with Gasteiger partial charge in [0.1, 0.15) is 22.0 Å². The number of nitrogens with two attached hydrogens (primary N) is 1. The van der Waals surface area contributed by atoms with Gasteiger partial charge in [-0.25, -0.2) is 0 Å². The summed E-state index contributed by atoms with van der Waals surface area (Å²) in [5.74, 6) is 1.73. The number of methoxy groups -OCH3 is 3. The Balaban J connectivity index is 1.45. The molecule has 0 amide bonds. The van der Waals surface area contributed by atoms with E-state index in [9.17, 15) is 13.0 Å². The van der Waals surface area contributed by atoms with Crippen molar-refractivity contribution in [3.8, 4) is 17.2 Å². The molecule has 5 aromatic rings. The number of aromatic nitrogens is 4. The monoisotopic (exact) mass is 871 g/mol. The summed E-state index contributed by atoms with van der Waals surface area (Å²) < 4.78 is 55.0. The zero-order chi connectivity index (χ0) is 41.6. The lowest BCUT2D eigenvalue weighted by molar-refractivity contribution is 0.406. The first-order chi connectivity index (χ1) is 27.9. The van der Waals surface area contributed by atoms with Crippen molar-refractivity contribution in [2.24, 2.45) is 10.2 Å². The van der Waals surface area contributed by atoms with Gasteiger partial charge in [0, 0.05) is 43.6 Å².